The van der Waals surface area contributed by atoms with Gasteiger partial charge in [0.05, 0.1) is 0 Å². The summed E-state index contributed by atoms with van der Waals surface area (Å²) in [6, 6.07) is 0. The van der Waals surface area contributed by atoms with Gasteiger partial charge in [0.15, 0.2) is 6.10 Å². The topological polar surface area (TPSA) is 78.9 Å². The van der Waals surface area contributed by atoms with Gasteiger partial charge in [0, 0.05) is 19.3 Å². The van der Waals surface area contributed by atoms with Crippen LogP contribution in [0.3, 0.4) is 0 Å². The van der Waals surface area contributed by atoms with Crippen LogP contribution in [-0.2, 0) is 28.6 Å². The Balaban J connectivity index is 4.46. The van der Waals surface area contributed by atoms with Crippen molar-refractivity contribution in [2.75, 3.05) is 13.2 Å². The molecule has 0 amide bonds. The maximum Gasteiger partial charge on any atom is 0.306 e. The van der Waals surface area contributed by atoms with Crippen LogP contribution in [-0.4, -0.2) is 37.2 Å². The number of ether oxygens (including phenoxy) is 3. The van der Waals surface area contributed by atoms with Crippen LogP contribution in [0.25, 0.3) is 0 Å². The Kier molecular flexibility index (Phi) is 47.9. The van der Waals surface area contributed by atoms with Crippen LogP contribution in [0.5, 0.6) is 0 Å². The average molecular weight is 865 g/mol. The molecule has 0 aromatic rings. The molecule has 1 unspecified atom stereocenters. The molecule has 0 rings (SSSR count). The van der Waals surface area contributed by atoms with E-state index in [1.54, 1.807) is 0 Å². The molecule has 0 radical (unpaired) electrons. The molecule has 62 heavy (non-hydrogen) atoms. The first-order valence-corrected chi connectivity index (χ1v) is 26.0. The summed E-state index contributed by atoms with van der Waals surface area (Å²) in [6.07, 6.45) is 63.1. The number of carbonyl (C=O) groups excluding carboxylic acids is 3. The number of hydrogen-bond acceptors (Lipinski definition) is 6. The van der Waals surface area contributed by atoms with Crippen LogP contribution in [0, 0.1) is 0 Å². The second-order valence-corrected chi connectivity index (χ2v) is 17.2. The lowest BCUT2D eigenvalue weighted by atomic mass is 10.0. The van der Waals surface area contributed by atoms with Crippen LogP contribution in [0.4, 0.5) is 0 Å². The zero-order chi connectivity index (χ0) is 45.1. The zero-order valence-electron chi connectivity index (χ0n) is 40.6. The summed E-state index contributed by atoms with van der Waals surface area (Å²) in [5, 5.41) is 0. The predicted molar refractivity (Wildman–Crippen MR) is 265 cm³/mol. The van der Waals surface area contributed by atoms with E-state index < -0.39 is 6.10 Å². The molecule has 0 bridgehead atoms. The van der Waals surface area contributed by atoms with Crippen molar-refractivity contribution in [3.63, 3.8) is 0 Å². The van der Waals surface area contributed by atoms with Gasteiger partial charge >= 0.3 is 17.9 Å². The number of rotatable bonds is 46. The Morgan fingerprint density at radius 2 is 0.629 bits per heavy atom. The van der Waals surface area contributed by atoms with E-state index in [1.807, 2.05) is 18.2 Å². The third-order valence-corrected chi connectivity index (χ3v) is 11.1. The molecule has 0 spiro atoms. The van der Waals surface area contributed by atoms with Gasteiger partial charge in [0.1, 0.15) is 13.2 Å². The molecule has 356 valence electrons. The molecule has 0 aromatic heterocycles. The first-order chi connectivity index (χ1) is 30.5. The highest BCUT2D eigenvalue weighted by atomic mass is 16.6. The van der Waals surface area contributed by atoms with Crippen LogP contribution in [0.1, 0.15) is 245 Å². The molecular formula is C56H96O6. The fraction of sp³-hybridized carbons (Fsp3) is 0.732. The highest BCUT2D eigenvalue weighted by molar-refractivity contribution is 5.71. The summed E-state index contributed by atoms with van der Waals surface area (Å²) < 4.78 is 16.8. The van der Waals surface area contributed by atoms with Crippen LogP contribution < -0.4 is 0 Å². The van der Waals surface area contributed by atoms with E-state index in [9.17, 15) is 14.4 Å². The number of hydrogen-bond donors (Lipinski definition) is 0. The second kappa shape index (κ2) is 50.5. The lowest BCUT2D eigenvalue weighted by molar-refractivity contribution is -0.167. The monoisotopic (exact) mass is 865 g/mol. The smallest absolute Gasteiger partial charge is 0.306 e. The quantitative estimate of drug-likeness (QED) is 0.0262. The largest absolute Gasteiger partial charge is 0.462 e. The van der Waals surface area contributed by atoms with Gasteiger partial charge < -0.3 is 14.2 Å². The lowest BCUT2D eigenvalue weighted by Gasteiger charge is -2.18. The fourth-order valence-electron chi connectivity index (χ4n) is 7.15. The predicted octanol–water partition coefficient (Wildman–Crippen LogP) is 17.0. The second-order valence-electron chi connectivity index (χ2n) is 17.2. The van der Waals surface area contributed by atoms with Crippen molar-refractivity contribution in [2.24, 2.45) is 0 Å². The van der Waals surface area contributed by atoms with Gasteiger partial charge in [-0.25, -0.2) is 0 Å². The van der Waals surface area contributed by atoms with E-state index in [0.29, 0.717) is 19.3 Å². The summed E-state index contributed by atoms with van der Waals surface area (Å²) in [4.78, 5) is 38.0. The molecule has 0 aliphatic heterocycles. The Morgan fingerprint density at radius 3 is 1.02 bits per heavy atom. The molecule has 6 heteroatoms. The molecule has 0 saturated heterocycles. The fourth-order valence-corrected chi connectivity index (χ4v) is 7.15. The van der Waals surface area contributed by atoms with E-state index in [2.05, 4.69) is 75.5 Å². The van der Waals surface area contributed by atoms with E-state index in [0.717, 1.165) is 96.3 Å². The first kappa shape index (κ1) is 58.9. The van der Waals surface area contributed by atoms with Crippen molar-refractivity contribution in [1.29, 1.82) is 0 Å². The lowest BCUT2D eigenvalue weighted by Crippen LogP contribution is -2.30. The Labute approximate surface area is 382 Å². The van der Waals surface area contributed by atoms with Gasteiger partial charge in [0.25, 0.3) is 0 Å². The Bertz CT molecular complexity index is 1180. The molecule has 0 aliphatic rings. The van der Waals surface area contributed by atoms with Gasteiger partial charge in [-0.3, -0.25) is 14.4 Å². The number of allylic oxidation sites excluding steroid dienone is 12. The number of carbonyl (C=O) groups is 3. The minimum atomic E-state index is -0.796. The van der Waals surface area contributed by atoms with E-state index in [4.69, 9.17) is 14.2 Å². The van der Waals surface area contributed by atoms with E-state index >= 15 is 0 Å². The normalized spacial score (nSPS) is 12.6. The zero-order valence-corrected chi connectivity index (χ0v) is 40.6. The summed E-state index contributed by atoms with van der Waals surface area (Å²) in [6.45, 7) is 6.45. The average Bonchev–Trinajstić information content (AvgIpc) is 3.27. The molecule has 0 N–H and O–H groups in total. The van der Waals surface area contributed by atoms with E-state index in [1.165, 1.54) is 109 Å². The first-order valence-electron chi connectivity index (χ1n) is 26.0. The molecule has 0 aromatic carbocycles. The maximum atomic E-state index is 12.8. The van der Waals surface area contributed by atoms with Crippen LogP contribution in [0.2, 0.25) is 0 Å². The van der Waals surface area contributed by atoms with Crippen molar-refractivity contribution in [3.8, 4) is 0 Å². The van der Waals surface area contributed by atoms with Crippen LogP contribution in [0.15, 0.2) is 72.9 Å². The molecule has 0 heterocycles. The Hall–Kier alpha value is -3.15. The Morgan fingerprint density at radius 1 is 0.339 bits per heavy atom. The molecular weight excluding hydrogens is 769 g/mol. The molecule has 0 aliphatic carbocycles. The van der Waals surface area contributed by atoms with Crippen molar-refractivity contribution in [2.45, 2.75) is 252 Å². The SMILES string of the molecule is CC\C=C/C=C\C=C/C=C\CCCCCCCC(=O)OC(COC(=O)CCCCC/C=C\C=C/CCCCCCCCC)COC(=O)CCCCCCCCCCCCCCC. The van der Waals surface area contributed by atoms with Crippen molar-refractivity contribution >= 4 is 17.9 Å². The highest BCUT2D eigenvalue weighted by Gasteiger charge is 2.19. The summed E-state index contributed by atoms with van der Waals surface area (Å²) in [5.41, 5.74) is 0. The molecule has 0 saturated carbocycles. The van der Waals surface area contributed by atoms with Crippen molar-refractivity contribution in [3.05, 3.63) is 72.9 Å². The molecule has 0 fully saturated rings. The maximum absolute atomic E-state index is 12.8. The van der Waals surface area contributed by atoms with Gasteiger partial charge in [-0.05, 0) is 64.2 Å². The standard InChI is InChI=1S/C56H96O6/c1-4-7-10-13-16-19-22-25-27-29-31-34-37-40-43-46-49-55(58)61-52-53(51-60-54(57)48-45-42-39-36-33-30-24-21-18-15-12-9-6-3)62-56(59)50-47-44-41-38-35-32-28-26-23-20-17-14-11-8-5-2/h8,11,14,17,20,23,26-29,31,34,53H,4-7,9-10,12-13,15-16,18-19,21-22,24-25,30,32-33,35-52H2,1-3H3/b11-8-,17-14-,23-20-,28-26-,29-27-,34-31-. The summed E-state index contributed by atoms with van der Waals surface area (Å²) in [5.74, 6) is -0.940. The molecule has 6 nitrogen and oxygen atoms in total. The van der Waals surface area contributed by atoms with Gasteiger partial charge in [-0.1, -0.05) is 235 Å². The molecule has 1 atom stereocenters. The van der Waals surface area contributed by atoms with Gasteiger partial charge in [-0.2, -0.15) is 0 Å². The number of unbranched alkanes of at least 4 members (excludes halogenated alkanes) is 27. The van der Waals surface area contributed by atoms with Gasteiger partial charge in [0.2, 0.25) is 0 Å². The van der Waals surface area contributed by atoms with Crippen LogP contribution >= 0.6 is 0 Å². The minimum Gasteiger partial charge on any atom is -0.462 e. The minimum absolute atomic E-state index is 0.0922. The summed E-state index contributed by atoms with van der Waals surface area (Å²) >= 11 is 0. The highest BCUT2D eigenvalue weighted by Crippen LogP contribution is 2.15. The third kappa shape index (κ3) is 47.9. The van der Waals surface area contributed by atoms with E-state index in [-0.39, 0.29) is 31.1 Å². The summed E-state index contributed by atoms with van der Waals surface area (Å²) in [7, 11) is 0. The van der Waals surface area contributed by atoms with Crippen molar-refractivity contribution < 1.29 is 28.6 Å². The third-order valence-electron chi connectivity index (χ3n) is 11.1. The van der Waals surface area contributed by atoms with Gasteiger partial charge in [-0.15, -0.1) is 0 Å². The number of esters is 3. The van der Waals surface area contributed by atoms with Crippen molar-refractivity contribution in [1.82, 2.24) is 0 Å².